The maximum Gasteiger partial charge on any atom is 0.508 e. The van der Waals surface area contributed by atoms with Gasteiger partial charge in [-0.3, -0.25) is 14.5 Å². The number of unbranched alkanes of at least 4 members (excludes halogenated alkanes) is 18. The summed E-state index contributed by atoms with van der Waals surface area (Å²) in [6.45, 7) is 19.4. The monoisotopic (exact) mass is 825 g/mol. The predicted octanol–water partition coefficient (Wildman–Crippen LogP) is 13.2. The zero-order valence-corrected chi connectivity index (χ0v) is 39.3. The molecule has 9 nitrogen and oxygen atoms in total. The molecule has 0 fully saturated rings. The Morgan fingerprint density at radius 2 is 0.862 bits per heavy atom. The Morgan fingerprint density at radius 1 is 0.414 bits per heavy atom. The van der Waals surface area contributed by atoms with Crippen LogP contribution in [0.25, 0.3) is 0 Å². The van der Waals surface area contributed by atoms with Crippen molar-refractivity contribution in [2.24, 2.45) is 5.92 Å². The van der Waals surface area contributed by atoms with Crippen LogP contribution in [0.4, 0.5) is 4.79 Å². The van der Waals surface area contributed by atoms with Gasteiger partial charge in [0.1, 0.15) is 19.3 Å². The molecule has 0 aliphatic heterocycles. The summed E-state index contributed by atoms with van der Waals surface area (Å²) in [4.78, 5) is 43.2. The Hall–Kier alpha value is -1.87. The van der Waals surface area contributed by atoms with Gasteiger partial charge in [0.25, 0.3) is 0 Å². The first-order chi connectivity index (χ1) is 28.3. The van der Waals surface area contributed by atoms with E-state index in [0.717, 1.165) is 110 Å². The summed E-state index contributed by atoms with van der Waals surface area (Å²) in [6.07, 6.45) is 30.3. The number of hydrogen-bond acceptors (Lipinski definition) is 9. The minimum atomic E-state index is -0.621. The molecule has 0 amide bonds. The van der Waals surface area contributed by atoms with Gasteiger partial charge in [-0.25, -0.2) is 4.79 Å². The Morgan fingerprint density at radius 3 is 1.41 bits per heavy atom. The van der Waals surface area contributed by atoms with Gasteiger partial charge in [0.05, 0.1) is 12.5 Å². The summed E-state index contributed by atoms with van der Waals surface area (Å²) in [5.74, 6) is -0.182. The highest BCUT2D eigenvalue weighted by Crippen LogP contribution is 2.21. The summed E-state index contributed by atoms with van der Waals surface area (Å²) in [7, 11) is 0. The van der Waals surface area contributed by atoms with Crippen molar-refractivity contribution in [1.82, 2.24) is 9.80 Å². The molecule has 0 heterocycles. The Bertz CT molecular complexity index is 899. The minimum absolute atomic E-state index is 0.0135. The first-order valence-corrected chi connectivity index (χ1v) is 24.9. The molecule has 0 aromatic carbocycles. The number of carbonyl (C=O) groups excluding carboxylic acids is 3. The number of esters is 2. The summed E-state index contributed by atoms with van der Waals surface area (Å²) in [6, 6.07) is 0. The highest BCUT2D eigenvalue weighted by molar-refractivity contribution is 5.72. The molecule has 0 spiro atoms. The van der Waals surface area contributed by atoms with E-state index in [0.29, 0.717) is 39.1 Å². The first kappa shape index (κ1) is 56.1. The van der Waals surface area contributed by atoms with Gasteiger partial charge in [0, 0.05) is 19.5 Å². The van der Waals surface area contributed by atoms with E-state index >= 15 is 0 Å². The van der Waals surface area contributed by atoms with Crippen molar-refractivity contribution in [3.05, 3.63) is 0 Å². The molecule has 0 aromatic heterocycles. The van der Waals surface area contributed by atoms with E-state index in [1.165, 1.54) is 89.9 Å². The van der Waals surface area contributed by atoms with E-state index in [4.69, 9.17) is 18.9 Å². The summed E-state index contributed by atoms with van der Waals surface area (Å²) < 4.78 is 22.9. The molecule has 0 rings (SSSR count). The van der Waals surface area contributed by atoms with Crippen molar-refractivity contribution in [3.8, 4) is 0 Å². The van der Waals surface area contributed by atoms with Crippen LogP contribution in [0.2, 0.25) is 0 Å². The van der Waals surface area contributed by atoms with E-state index in [9.17, 15) is 14.4 Å². The second kappa shape index (κ2) is 43.2. The fourth-order valence-electron chi connectivity index (χ4n) is 7.60. The van der Waals surface area contributed by atoms with Gasteiger partial charge in [-0.15, -0.1) is 0 Å². The van der Waals surface area contributed by atoms with Gasteiger partial charge in [-0.05, 0) is 84.0 Å². The normalized spacial score (nSPS) is 12.1. The third kappa shape index (κ3) is 36.0. The second-order valence-electron chi connectivity index (χ2n) is 16.8. The van der Waals surface area contributed by atoms with Crippen molar-refractivity contribution in [2.45, 2.75) is 234 Å². The Labute approximate surface area is 359 Å². The van der Waals surface area contributed by atoms with Crippen LogP contribution < -0.4 is 0 Å². The average Bonchev–Trinajstić information content (AvgIpc) is 3.22. The number of hydrogen-bond donors (Lipinski definition) is 0. The van der Waals surface area contributed by atoms with Crippen molar-refractivity contribution in [1.29, 1.82) is 0 Å². The molecule has 0 aliphatic rings. The van der Waals surface area contributed by atoms with Crippen molar-refractivity contribution in [2.75, 3.05) is 59.1 Å². The van der Waals surface area contributed by atoms with Gasteiger partial charge in [0.15, 0.2) is 0 Å². The number of nitrogens with zero attached hydrogens (tertiary/aromatic N) is 2. The number of ether oxygens (including phenoxy) is 4. The number of carbonyl (C=O) groups is 3. The van der Waals surface area contributed by atoms with E-state index in [1.807, 2.05) is 0 Å². The topological polar surface area (TPSA) is 94.6 Å². The maximum absolute atomic E-state index is 13.4. The van der Waals surface area contributed by atoms with Gasteiger partial charge < -0.3 is 23.8 Å². The number of rotatable bonds is 44. The third-order valence-corrected chi connectivity index (χ3v) is 11.6. The fraction of sp³-hybridized carbons (Fsp3) is 0.939. The molecular formula is C49H96N2O7. The highest BCUT2D eigenvalue weighted by atomic mass is 16.7. The second-order valence-corrected chi connectivity index (χ2v) is 16.8. The molecule has 9 heteroatoms. The van der Waals surface area contributed by atoms with Crippen LogP contribution >= 0.6 is 0 Å². The molecule has 58 heavy (non-hydrogen) atoms. The standard InChI is InChI=1S/C49H96N2O7/c1-7-13-17-21-23-26-33-45(34-27-24-22-18-14-8-2)48(53)56-43-40-51(39-32-38-50(11-5)12-6)41-44-57-49(54)58-46(35-28-20-16-10-4)36-29-30-37-47(52)55-42-31-25-19-15-9-3/h45-46H,7-44H2,1-6H3. The Balaban J connectivity index is 5.08. The molecule has 0 radical (unpaired) electrons. The van der Waals surface area contributed by atoms with E-state index in [1.54, 1.807) is 0 Å². The van der Waals surface area contributed by atoms with Crippen LogP contribution in [0.3, 0.4) is 0 Å². The van der Waals surface area contributed by atoms with Crippen LogP contribution in [-0.2, 0) is 28.5 Å². The molecule has 0 N–H and O–H groups in total. The average molecular weight is 825 g/mol. The van der Waals surface area contributed by atoms with Gasteiger partial charge in [-0.1, -0.05) is 164 Å². The molecule has 1 unspecified atom stereocenters. The molecule has 0 saturated heterocycles. The molecule has 0 aromatic rings. The van der Waals surface area contributed by atoms with Crippen LogP contribution in [0.5, 0.6) is 0 Å². The molecule has 344 valence electrons. The van der Waals surface area contributed by atoms with E-state index in [2.05, 4.69) is 51.3 Å². The van der Waals surface area contributed by atoms with Crippen LogP contribution in [0.1, 0.15) is 228 Å². The fourth-order valence-corrected chi connectivity index (χ4v) is 7.60. The summed E-state index contributed by atoms with van der Waals surface area (Å²) >= 11 is 0. The summed E-state index contributed by atoms with van der Waals surface area (Å²) in [5.41, 5.74) is 0. The first-order valence-electron chi connectivity index (χ1n) is 24.9. The third-order valence-electron chi connectivity index (χ3n) is 11.6. The molecule has 0 bridgehead atoms. The maximum atomic E-state index is 13.4. The van der Waals surface area contributed by atoms with Crippen LogP contribution in [0, 0.1) is 5.92 Å². The highest BCUT2D eigenvalue weighted by Gasteiger charge is 2.21. The van der Waals surface area contributed by atoms with Crippen LogP contribution in [0.15, 0.2) is 0 Å². The van der Waals surface area contributed by atoms with Gasteiger partial charge in [0.2, 0.25) is 0 Å². The lowest BCUT2D eigenvalue weighted by Gasteiger charge is -2.25. The van der Waals surface area contributed by atoms with Gasteiger partial charge >= 0.3 is 18.1 Å². The molecular weight excluding hydrogens is 729 g/mol. The quantitative estimate of drug-likeness (QED) is 0.0338. The molecule has 1 atom stereocenters. The Kier molecular flexibility index (Phi) is 41.8. The van der Waals surface area contributed by atoms with Crippen molar-refractivity contribution in [3.63, 3.8) is 0 Å². The lowest BCUT2D eigenvalue weighted by molar-refractivity contribution is -0.149. The van der Waals surface area contributed by atoms with E-state index < -0.39 is 6.16 Å². The van der Waals surface area contributed by atoms with Crippen molar-refractivity contribution >= 4 is 18.1 Å². The zero-order chi connectivity index (χ0) is 42.7. The zero-order valence-electron chi connectivity index (χ0n) is 39.3. The SMILES string of the molecule is CCCCCCCCC(CCCCCCCC)C(=O)OCCN(CCCN(CC)CC)CCOC(=O)OC(CCCCCC)CCCCC(=O)OCCCCCCC. The molecule has 0 saturated carbocycles. The van der Waals surface area contributed by atoms with Gasteiger partial charge in [-0.2, -0.15) is 0 Å². The lowest BCUT2D eigenvalue weighted by atomic mass is 9.94. The smallest absolute Gasteiger partial charge is 0.466 e. The van der Waals surface area contributed by atoms with Crippen LogP contribution in [-0.4, -0.2) is 93.1 Å². The predicted molar refractivity (Wildman–Crippen MR) is 242 cm³/mol. The summed E-state index contributed by atoms with van der Waals surface area (Å²) in [5, 5.41) is 0. The van der Waals surface area contributed by atoms with E-state index in [-0.39, 0.29) is 30.6 Å². The lowest BCUT2D eigenvalue weighted by Crippen LogP contribution is -2.35. The largest absolute Gasteiger partial charge is 0.508 e. The molecule has 0 aliphatic carbocycles. The minimum Gasteiger partial charge on any atom is -0.466 e. The van der Waals surface area contributed by atoms with Crippen molar-refractivity contribution < 1.29 is 33.3 Å².